The lowest BCUT2D eigenvalue weighted by molar-refractivity contribution is 0.0989. The first-order valence-electron chi connectivity index (χ1n) is 6.02. The molecule has 1 N–H and O–H groups in total. The van der Waals surface area contributed by atoms with Crippen LogP contribution < -0.4 is 10.1 Å². The minimum atomic E-state index is -0.0751. The van der Waals surface area contributed by atoms with E-state index in [-0.39, 0.29) is 5.78 Å². The Labute approximate surface area is 107 Å². The van der Waals surface area contributed by atoms with E-state index >= 15 is 0 Å². The van der Waals surface area contributed by atoms with Crippen molar-refractivity contribution in [1.82, 2.24) is 5.32 Å². The number of fused-ring (bicyclic) bond motifs is 1. The molecule has 4 heteroatoms. The Balaban J connectivity index is 0.000000771. The normalized spacial score (nSPS) is 9.78. The molecule has 4 nitrogen and oxygen atoms in total. The van der Waals surface area contributed by atoms with Crippen LogP contribution in [0.3, 0.4) is 0 Å². The highest BCUT2D eigenvalue weighted by Gasteiger charge is 2.08. The van der Waals surface area contributed by atoms with Gasteiger partial charge >= 0.3 is 0 Å². The van der Waals surface area contributed by atoms with Crippen molar-refractivity contribution in [3.63, 3.8) is 0 Å². The van der Waals surface area contributed by atoms with Gasteiger partial charge in [-0.3, -0.25) is 10.1 Å². The van der Waals surface area contributed by atoms with Crippen LogP contribution in [0.5, 0.6) is 5.75 Å². The third-order valence-electron chi connectivity index (χ3n) is 2.22. The van der Waals surface area contributed by atoms with Crippen LogP contribution in [0.1, 0.15) is 31.3 Å². The Morgan fingerprint density at radius 3 is 2.67 bits per heavy atom. The molecule has 0 fully saturated rings. The van der Waals surface area contributed by atoms with Crippen LogP contribution in [0, 0.1) is 0 Å². The second kappa shape index (κ2) is 6.81. The van der Waals surface area contributed by atoms with Gasteiger partial charge in [0.05, 0.1) is 0 Å². The molecule has 98 valence electrons. The predicted molar refractivity (Wildman–Crippen MR) is 72.1 cm³/mol. The Bertz CT molecular complexity index is 517. The van der Waals surface area contributed by atoms with E-state index in [4.69, 9.17) is 9.15 Å². The number of furan rings is 1. The lowest BCUT2D eigenvalue weighted by Gasteiger charge is -2.03. The zero-order chi connectivity index (χ0) is 13.5. The summed E-state index contributed by atoms with van der Waals surface area (Å²) in [5.74, 6) is 1.05. The number of ether oxygens (including phenoxy) is 1. The predicted octanol–water partition coefficient (Wildman–Crippen LogP) is 3.22. The Kier molecular flexibility index (Phi) is 5.39. The van der Waals surface area contributed by atoms with Crippen LogP contribution in [0.4, 0.5) is 0 Å². The van der Waals surface area contributed by atoms with Gasteiger partial charge in [0.2, 0.25) is 0 Å². The molecule has 0 saturated carbocycles. The van der Waals surface area contributed by atoms with Crippen LogP contribution in [-0.2, 0) is 0 Å². The number of ketones is 1. The van der Waals surface area contributed by atoms with Crippen molar-refractivity contribution < 1.29 is 13.9 Å². The first-order valence-corrected chi connectivity index (χ1v) is 6.02. The summed E-state index contributed by atoms with van der Waals surface area (Å²) in [5.41, 5.74) is 0.696. The molecule has 0 amide bonds. The molecule has 0 radical (unpaired) electrons. The Morgan fingerprint density at radius 1 is 1.33 bits per heavy atom. The summed E-state index contributed by atoms with van der Waals surface area (Å²) in [5, 5.41) is 3.76. The molecule has 0 aliphatic rings. The molecule has 0 unspecified atom stereocenters. The van der Waals surface area contributed by atoms with E-state index in [9.17, 15) is 4.79 Å². The van der Waals surface area contributed by atoms with Crippen LogP contribution >= 0.6 is 0 Å². The van der Waals surface area contributed by atoms with E-state index in [1.165, 1.54) is 6.92 Å². The maximum atomic E-state index is 11.1. The summed E-state index contributed by atoms with van der Waals surface area (Å²) in [4.78, 5) is 11.1. The van der Waals surface area contributed by atoms with Crippen molar-refractivity contribution in [2.24, 2.45) is 0 Å². The number of Topliss-reactive ketones (excluding diaryl/α,β-unsaturated/α-hetero) is 1. The maximum absolute atomic E-state index is 11.1. The van der Waals surface area contributed by atoms with Gasteiger partial charge < -0.3 is 9.15 Å². The second-order valence-electron chi connectivity index (χ2n) is 3.51. The van der Waals surface area contributed by atoms with E-state index in [1.54, 1.807) is 12.1 Å². The molecule has 0 saturated heterocycles. The number of rotatable bonds is 4. The lowest BCUT2D eigenvalue weighted by atomic mass is 10.2. The van der Waals surface area contributed by atoms with Crippen LogP contribution in [0.2, 0.25) is 0 Å². The summed E-state index contributed by atoms with van der Waals surface area (Å²) in [7, 11) is 1.81. The maximum Gasteiger partial charge on any atom is 0.194 e. The zero-order valence-electron chi connectivity index (χ0n) is 11.2. The second-order valence-corrected chi connectivity index (χ2v) is 3.51. The zero-order valence-corrected chi connectivity index (χ0v) is 11.2. The molecule has 0 bridgehead atoms. The highest BCUT2D eigenvalue weighted by molar-refractivity contribution is 5.96. The van der Waals surface area contributed by atoms with Crippen molar-refractivity contribution in [3.05, 3.63) is 30.0 Å². The first-order chi connectivity index (χ1) is 8.70. The van der Waals surface area contributed by atoms with Crippen LogP contribution in [-0.4, -0.2) is 19.6 Å². The number of carbonyl (C=O) groups is 1. The molecule has 0 spiro atoms. The average molecular weight is 249 g/mol. The van der Waals surface area contributed by atoms with Gasteiger partial charge in [0.1, 0.15) is 18.1 Å². The smallest absolute Gasteiger partial charge is 0.194 e. The first kappa shape index (κ1) is 14.3. The minimum absolute atomic E-state index is 0.0751. The van der Waals surface area contributed by atoms with Crippen LogP contribution in [0.15, 0.2) is 28.7 Å². The SMILES string of the molecule is CC.CNCOc1ccc2oc(C(C)=O)cc2c1. The topological polar surface area (TPSA) is 51.5 Å². The monoisotopic (exact) mass is 249 g/mol. The highest BCUT2D eigenvalue weighted by Crippen LogP contribution is 2.24. The number of hydrogen-bond donors (Lipinski definition) is 1. The third-order valence-corrected chi connectivity index (χ3v) is 2.22. The van der Waals surface area contributed by atoms with Crippen molar-refractivity contribution >= 4 is 16.8 Å². The van der Waals surface area contributed by atoms with Gasteiger partial charge in [-0.1, -0.05) is 13.8 Å². The van der Waals surface area contributed by atoms with Gasteiger partial charge in [-0.2, -0.15) is 0 Å². The fourth-order valence-electron chi connectivity index (χ4n) is 1.44. The fraction of sp³-hybridized carbons (Fsp3) is 0.357. The van der Waals surface area contributed by atoms with E-state index in [2.05, 4.69) is 5.32 Å². The molecule has 1 aromatic carbocycles. The Morgan fingerprint density at radius 2 is 2.06 bits per heavy atom. The molecule has 0 aliphatic heterocycles. The summed E-state index contributed by atoms with van der Waals surface area (Å²) in [6.07, 6.45) is 0. The quantitative estimate of drug-likeness (QED) is 0.667. The Hall–Kier alpha value is -1.81. The number of hydrogen-bond acceptors (Lipinski definition) is 4. The minimum Gasteiger partial charge on any atom is -0.478 e. The van der Waals surface area contributed by atoms with E-state index in [0.29, 0.717) is 18.1 Å². The summed E-state index contributed by atoms with van der Waals surface area (Å²) in [6, 6.07) is 7.19. The van der Waals surface area contributed by atoms with Crippen LogP contribution in [0.25, 0.3) is 11.0 Å². The van der Waals surface area contributed by atoms with Crippen molar-refractivity contribution in [3.8, 4) is 5.75 Å². The number of carbonyl (C=O) groups excluding carboxylic acids is 1. The van der Waals surface area contributed by atoms with Gasteiger partial charge in [0, 0.05) is 12.3 Å². The summed E-state index contributed by atoms with van der Waals surface area (Å²) in [6.45, 7) is 5.93. The summed E-state index contributed by atoms with van der Waals surface area (Å²) >= 11 is 0. The van der Waals surface area contributed by atoms with E-state index in [0.717, 1.165) is 11.1 Å². The van der Waals surface area contributed by atoms with Crippen molar-refractivity contribution in [1.29, 1.82) is 0 Å². The molecular formula is C14H19NO3. The molecule has 18 heavy (non-hydrogen) atoms. The van der Waals surface area contributed by atoms with Gasteiger partial charge in [0.15, 0.2) is 11.5 Å². The van der Waals surface area contributed by atoms with E-state index in [1.807, 2.05) is 33.0 Å². The molecule has 0 atom stereocenters. The highest BCUT2D eigenvalue weighted by atomic mass is 16.5. The molecule has 0 aliphatic carbocycles. The molecule has 2 rings (SSSR count). The number of nitrogens with one attached hydrogen (secondary N) is 1. The average Bonchev–Trinajstić information content (AvgIpc) is 2.82. The fourth-order valence-corrected chi connectivity index (χ4v) is 1.44. The standard InChI is InChI=1S/C12H13NO3.C2H6/c1-8(14)12-6-9-5-10(15-7-13-2)3-4-11(9)16-12;1-2/h3-6,13H,7H2,1-2H3;1-2H3. The number of benzene rings is 1. The van der Waals surface area contributed by atoms with Gasteiger partial charge in [0.25, 0.3) is 0 Å². The third kappa shape index (κ3) is 3.34. The summed E-state index contributed by atoms with van der Waals surface area (Å²) < 4.78 is 10.8. The van der Waals surface area contributed by atoms with Gasteiger partial charge in [-0.25, -0.2) is 0 Å². The molecule has 1 aromatic heterocycles. The van der Waals surface area contributed by atoms with Gasteiger partial charge in [-0.15, -0.1) is 0 Å². The molecule has 2 aromatic rings. The van der Waals surface area contributed by atoms with Crippen molar-refractivity contribution in [2.75, 3.05) is 13.8 Å². The molecular weight excluding hydrogens is 230 g/mol. The molecule has 1 heterocycles. The van der Waals surface area contributed by atoms with E-state index < -0.39 is 0 Å². The van der Waals surface area contributed by atoms with Gasteiger partial charge in [-0.05, 0) is 31.3 Å². The lowest BCUT2D eigenvalue weighted by Crippen LogP contribution is -2.13. The van der Waals surface area contributed by atoms with Crippen molar-refractivity contribution in [2.45, 2.75) is 20.8 Å². The largest absolute Gasteiger partial charge is 0.478 e.